The Kier molecular flexibility index (Phi) is 4.94. The molecule has 0 unspecified atom stereocenters. The van der Waals surface area contributed by atoms with Crippen LogP contribution >= 0.6 is 11.5 Å². The van der Waals surface area contributed by atoms with Crippen LogP contribution in [0.3, 0.4) is 0 Å². The fourth-order valence-electron chi connectivity index (χ4n) is 1.50. The summed E-state index contributed by atoms with van der Waals surface area (Å²) in [5.41, 5.74) is 5.68. The van der Waals surface area contributed by atoms with Crippen LogP contribution in [0.1, 0.15) is 26.7 Å². The van der Waals surface area contributed by atoms with E-state index in [2.05, 4.69) is 9.69 Å². The van der Waals surface area contributed by atoms with E-state index in [-0.39, 0.29) is 16.8 Å². The highest BCUT2D eigenvalue weighted by atomic mass is 32.2. The molecule has 8 heteroatoms. The SMILES string of the molecule is CCC(CC)Nc1snc(N)c1S(=O)(=O)N(C)C. The van der Waals surface area contributed by atoms with Crippen LogP contribution in [0, 0.1) is 0 Å². The van der Waals surface area contributed by atoms with E-state index in [0.29, 0.717) is 5.00 Å². The number of anilines is 2. The molecular weight excluding hydrogens is 272 g/mol. The first-order chi connectivity index (χ1) is 8.34. The molecule has 0 aliphatic rings. The number of hydrogen-bond donors (Lipinski definition) is 2. The summed E-state index contributed by atoms with van der Waals surface area (Å²) < 4.78 is 29.4. The van der Waals surface area contributed by atoms with Gasteiger partial charge in [-0.15, -0.1) is 0 Å². The molecule has 0 aromatic carbocycles. The number of aromatic nitrogens is 1. The van der Waals surface area contributed by atoms with Gasteiger partial charge in [0.25, 0.3) is 0 Å². The molecule has 0 aliphatic heterocycles. The first-order valence-electron chi connectivity index (χ1n) is 5.78. The molecule has 1 heterocycles. The van der Waals surface area contributed by atoms with E-state index in [0.717, 1.165) is 28.7 Å². The van der Waals surface area contributed by atoms with Crippen LogP contribution in [0.5, 0.6) is 0 Å². The molecule has 104 valence electrons. The summed E-state index contributed by atoms with van der Waals surface area (Å²) >= 11 is 1.09. The maximum absolute atomic E-state index is 12.2. The smallest absolute Gasteiger partial charge is 0.249 e. The molecule has 0 spiro atoms. The summed E-state index contributed by atoms with van der Waals surface area (Å²) in [7, 11) is -0.604. The molecule has 6 nitrogen and oxygen atoms in total. The van der Waals surface area contributed by atoms with Gasteiger partial charge in [-0.25, -0.2) is 12.7 Å². The van der Waals surface area contributed by atoms with E-state index >= 15 is 0 Å². The van der Waals surface area contributed by atoms with Crippen LogP contribution in [0.25, 0.3) is 0 Å². The minimum Gasteiger partial charge on any atom is -0.382 e. The molecular formula is C10H20N4O2S2. The van der Waals surface area contributed by atoms with Gasteiger partial charge < -0.3 is 11.1 Å². The third-order valence-corrected chi connectivity index (χ3v) is 5.55. The van der Waals surface area contributed by atoms with Gasteiger partial charge in [0.2, 0.25) is 10.0 Å². The van der Waals surface area contributed by atoms with Gasteiger partial charge in [0.05, 0.1) is 0 Å². The van der Waals surface area contributed by atoms with E-state index in [9.17, 15) is 8.42 Å². The summed E-state index contributed by atoms with van der Waals surface area (Å²) in [4.78, 5) is 0.0874. The molecule has 0 atom stereocenters. The molecule has 0 fully saturated rings. The first kappa shape index (κ1) is 15.2. The Morgan fingerprint density at radius 2 is 1.94 bits per heavy atom. The molecule has 0 bridgehead atoms. The number of rotatable bonds is 6. The lowest BCUT2D eigenvalue weighted by Gasteiger charge is -2.17. The quantitative estimate of drug-likeness (QED) is 0.831. The zero-order valence-electron chi connectivity index (χ0n) is 11.1. The minimum absolute atomic E-state index is 0.0576. The highest BCUT2D eigenvalue weighted by molar-refractivity contribution is 7.89. The monoisotopic (exact) mass is 292 g/mol. The van der Waals surface area contributed by atoms with Crippen molar-refractivity contribution in [2.45, 2.75) is 37.6 Å². The molecule has 0 saturated heterocycles. The molecule has 1 aromatic rings. The second-order valence-corrected chi connectivity index (χ2v) is 7.03. The van der Waals surface area contributed by atoms with Crippen molar-refractivity contribution in [1.29, 1.82) is 0 Å². The Bertz CT molecular complexity index is 492. The maximum Gasteiger partial charge on any atom is 0.249 e. The summed E-state index contributed by atoms with van der Waals surface area (Å²) in [5.74, 6) is 0.0576. The molecule has 1 aromatic heterocycles. The van der Waals surface area contributed by atoms with E-state index < -0.39 is 10.0 Å². The van der Waals surface area contributed by atoms with Gasteiger partial charge in [-0.05, 0) is 24.4 Å². The molecule has 0 radical (unpaired) electrons. The molecule has 1 rings (SSSR count). The number of nitrogens with zero attached hydrogens (tertiary/aromatic N) is 2. The van der Waals surface area contributed by atoms with E-state index in [1.165, 1.54) is 14.1 Å². The first-order valence-corrected chi connectivity index (χ1v) is 8.00. The van der Waals surface area contributed by atoms with Crippen LogP contribution in [0.4, 0.5) is 10.8 Å². The number of hydrogen-bond acceptors (Lipinski definition) is 6. The highest BCUT2D eigenvalue weighted by Gasteiger charge is 2.28. The summed E-state index contributed by atoms with van der Waals surface area (Å²) in [6.07, 6.45) is 1.82. The maximum atomic E-state index is 12.2. The van der Waals surface area contributed by atoms with E-state index in [1.54, 1.807) is 0 Å². The standard InChI is InChI=1S/C10H20N4O2S2/c1-5-7(6-2)12-10-8(9(11)13-17-10)18(15,16)14(3)4/h7,12H,5-6H2,1-4H3,(H2,11,13). The molecule has 0 aliphatic carbocycles. The Hall–Kier alpha value is -0.860. The lowest BCUT2D eigenvalue weighted by molar-refractivity contribution is 0.521. The van der Waals surface area contributed by atoms with Crippen LogP contribution in [-0.4, -0.2) is 37.2 Å². The van der Waals surface area contributed by atoms with Crippen molar-refractivity contribution in [2.75, 3.05) is 25.1 Å². The van der Waals surface area contributed by atoms with Crippen LogP contribution < -0.4 is 11.1 Å². The van der Waals surface area contributed by atoms with Crippen molar-refractivity contribution in [3.8, 4) is 0 Å². The highest BCUT2D eigenvalue weighted by Crippen LogP contribution is 2.33. The van der Waals surface area contributed by atoms with Gasteiger partial charge in [0.1, 0.15) is 5.00 Å². The fourth-order valence-corrected chi connectivity index (χ4v) is 3.64. The number of nitrogens with two attached hydrogens (primary N) is 1. The van der Waals surface area contributed by atoms with Crippen LogP contribution in [-0.2, 0) is 10.0 Å². The average molecular weight is 292 g/mol. The molecule has 0 saturated carbocycles. The Morgan fingerprint density at radius 3 is 2.39 bits per heavy atom. The van der Waals surface area contributed by atoms with E-state index in [4.69, 9.17) is 5.73 Å². The molecule has 18 heavy (non-hydrogen) atoms. The fraction of sp³-hybridized carbons (Fsp3) is 0.700. The normalized spacial score (nSPS) is 12.3. The average Bonchev–Trinajstić information content (AvgIpc) is 2.67. The predicted octanol–water partition coefficient (Wildman–Crippen LogP) is 1.58. The van der Waals surface area contributed by atoms with Crippen molar-refractivity contribution < 1.29 is 8.42 Å². The lowest BCUT2D eigenvalue weighted by Crippen LogP contribution is -2.25. The second-order valence-electron chi connectivity index (χ2n) is 4.17. The summed E-state index contributed by atoms with van der Waals surface area (Å²) in [6.45, 7) is 4.09. The van der Waals surface area contributed by atoms with Crippen molar-refractivity contribution in [3.63, 3.8) is 0 Å². The van der Waals surface area contributed by atoms with Gasteiger partial charge in [0, 0.05) is 20.1 Å². The van der Waals surface area contributed by atoms with Crippen molar-refractivity contribution in [1.82, 2.24) is 8.68 Å². The second kappa shape index (κ2) is 5.85. The minimum atomic E-state index is -3.56. The van der Waals surface area contributed by atoms with Crippen molar-refractivity contribution in [3.05, 3.63) is 0 Å². The third-order valence-electron chi connectivity index (χ3n) is 2.73. The molecule has 3 N–H and O–H groups in total. The zero-order chi connectivity index (χ0) is 13.9. The largest absolute Gasteiger partial charge is 0.382 e. The predicted molar refractivity (Wildman–Crippen MR) is 75.4 cm³/mol. The Balaban J connectivity index is 3.18. The Morgan fingerprint density at radius 1 is 1.39 bits per heavy atom. The van der Waals surface area contributed by atoms with Gasteiger partial charge in [-0.2, -0.15) is 4.37 Å². The lowest BCUT2D eigenvalue weighted by atomic mass is 10.2. The third kappa shape index (κ3) is 2.93. The van der Waals surface area contributed by atoms with Gasteiger partial charge in [-0.3, -0.25) is 0 Å². The Labute approximate surface area is 112 Å². The van der Waals surface area contributed by atoms with Gasteiger partial charge in [-0.1, -0.05) is 13.8 Å². The summed E-state index contributed by atoms with van der Waals surface area (Å²) in [5, 5.41) is 3.72. The number of nitrogens with one attached hydrogen (secondary N) is 1. The number of nitrogen functional groups attached to an aromatic ring is 1. The zero-order valence-corrected chi connectivity index (χ0v) is 12.7. The summed E-state index contributed by atoms with van der Waals surface area (Å²) in [6, 6.07) is 0.223. The number of sulfonamides is 1. The molecule has 0 amide bonds. The van der Waals surface area contributed by atoms with Crippen molar-refractivity contribution >= 4 is 32.4 Å². The van der Waals surface area contributed by atoms with E-state index in [1.807, 2.05) is 13.8 Å². The van der Waals surface area contributed by atoms with Crippen LogP contribution in [0.15, 0.2) is 4.90 Å². The van der Waals surface area contributed by atoms with Crippen molar-refractivity contribution in [2.24, 2.45) is 0 Å². The van der Waals surface area contributed by atoms with Gasteiger partial charge in [0.15, 0.2) is 10.7 Å². The van der Waals surface area contributed by atoms with Crippen LogP contribution in [0.2, 0.25) is 0 Å². The van der Waals surface area contributed by atoms with Gasteiger partial charge >= 0.3 is 0 Å². The topological polar surface area (TPSA) is 88.3 Å².